The first-order chi connectivity index (χ1) is 16.7. The lowest BCUT2D eigenvalue weighted by molar-refractivity contribution is 0.253. The summed E-state index contributed by atoms with van der Waals surface area (Å²) in [5, 5.41) is 13.9. The average Bonchev–Trinajstić information content (AvgIpc) is 3.31. The number of hydrogen-bond acceptors (Lipinski definition) is 4. The van der Waals surface area contributed by atoms with E-state index >= 15 is 0 Å². The molecule has 5 heteroatoms. The van der Waals surface area contributed by atoms with Crippen LogP contribution in [0, 0.1) is 11.3 Å². The molecule has 0 amide bonds. The molecule has 164 valence electrons. The zero-order valence-corrected chi connectivity index (χ0v) is 18.6. The van der Waals surface area contributed by atoms with Gasteiger partial charge in [-0.2, -0.15) is 10.4 Å². The van der Waals surface area contributed by atoms with Crippen LogP contribution in [0.4, 0.5) is 0 Å². The summed E-state index contributed by atoms with van der Waals surface area (Å²) in [6, 6.07) is 28.6. The van der Waals surface area contributed by atoms with E-state index in [1.165, 1.54) is 12.0 Å². The zero-order chi connectivity index (χ0) is 23.1. The summed E-state index contributed by atoms with van der Waals surface area (Å²) in [5.74, 6) is 0. The Morgan fingerprint density at radius 2 is 1.53 bits per heavy atom. The van der Waals surface area contributed by atoms with Crippen molar-refractivity contribution in [2.24, 2.45) is 5.73 Å². The van der Waals surface area contributed by atoms with Gasteiger partial charge in [-0.15, -0.1) is 0 Å². The van der Waals surface area contributed by atoms with E-state index < -0.39 is 0 Å². The summed E-state index contributed by atoms with van der Waals surface area (Å²) in [4.78, 5) is 4.81. The van der Waals surface area contributed by atoms with Gasteiger partial charge in [-0.3, -0.25) is 0 Å². The number of nitrogens with two attached hydrogens (primary N) is 1. The molecule has 34 heavy (non-hydrogen) atoms. The van der Waals surface area contributed by atoms with Crippen LogP contribution < -0.4 is 5.73 Å². The monoisotopic (exact) mass is 441 g/mol. The number of hydrogen-bond donors (Lipinski definition) is 1. The molecule has 5 aromatic rings. The number of aromatic nitrogens is 3. The highest BCUT2D eigenvalue weighted by Crippen LogP contribution is 2.41. The highest BCUT2D eigenvalue weighted by molar-refractivity contribution is 5.92. The van der Waals surface area contributed by atoms with Gasteiger partial charge < -0.3 is 5.73 Å². The van der Waals surface area contributed by atoms with Gasteiger partial charge in [0.1, 0.15) is 0 Å². The fourth-order valence-corrected chi connectivity index (χ4v) is 4.78. The molecule has 2 heterocycles. The molecule has 0 radical (unpaired) electrons. The Morgan fingerprint density at radius 1 is 0.824 bits per heavy atom. The summed E-state index contributed by atoms with van der Waals surface area (Å²) in [6.07, 6.45) is 7.02. The molecule has 1 fully saturated rings. The second kappa shape index (κ2) is 7.95. The second-order valence-electron chi connectivity index (χ2n) is 8.95. The van der Waals surface area contributed by atoms with Crippen molar-refractivity contribution in [2.45, 2.75) is 24.8 Å². The maximum Gasteiger partial charge on any atom is 0.162 e. The van der Waals surface area contributed by atoms with Crippen molar-refractivity contribution < 1.29 is 0 Å². The molecule has 0 saturated heterocycles. The molecule has 0 atom stereocenters. The van der Waals surface area contributed by atoms with E-state index in [-0.39, 0.29) is 5.54 Å². The maximum absolute atomic E-state index is 9.13. The van der Waals surface area contributed by atoms with Gasteiger partial charge in [0, 0.05) is 22.2 Å². The van der Waals surface area contributed by atoms with Gasteiger partial charge in [0.05, 0.1) is 29.7 Å². The quantitative estimate of drug-likeness (QED) is 0.374. The molecule has 2 N–H and O–H groups in total. The van der Waals surface area contributed by atoms with Crippen molar-refractivity contribution in [3.05, 3.63) is 102 Å². The highest BCUT2D eigenvalue weighted by Gasteiger charge is 2.34. The molecule has 0 spiro atoms. The van der Waals surface area contributed by atoms with Crippen LogP contribution in [0.5, 0.6) is 0 Å². The molecule has 6 rings (SSSR count). The van der Waals surface area contributed by atoms with Gasteiger partial charge in [-0.1, -0.05) is 66.7 Å². The smallest absolute Gasteiger partial charge is 0.162 e. The van der Waals surface area contributed by atoms with Crippen LogP contribution in [-0.2, 0) is 5.54 Å². The van der Waals surface area contributed by atoms with Crippen LogP contribution in [0.3, 0.4) is 0 Å². The van der Waals surface area contributed by atoms with Gasteiger partial charge >= 0.3 is 0 Å². The zero-order valence-electron chi connectivity index (χ0n) is 18.6. The third-order valence-corrected chi connectivity index (χ3v) is 6.92. The predicted octanol–water partition coefficient (Wildman–Crippen LogP) is 5.94. The van der Waals surface area contributed by atoms with Crippen molar-refractivity contribution in [2.75, 3.05) is 0 Å². The number of nitriles is 1. The molecule has 0 bridgehead atoms. The van der Waals surface area contributed by atoms with Crippen LogP contribution in [0.2, 0.25) is 0 Å². The Hall–Kier alpha value is -4.27. The maximum atomic E-state index is 9.13. The van der Waals surface area contributed by atoms with Gasteiger partial charge in [0.2, 0.25) is 0 Å². The van der Waals surface area contributed by atoms with Crippen LogP contribution in [-0.4, -0.2) is 14.6 Å². The van der Waals surface area contributed by atoms with Gasteiger partial charge in [-0.25, -0.2) is 9.50 Å². The van der Waals surface area contributed by atoms with E-state index in [4.69, 9.17) is 21.1 Å². The molecule has 1 aliphatic carbocycles. The number of nitrogens with zero attached hydrogens (tertiary/aromatic N) is 4. The molecule has 1 saturated carbocycles. The molecular formula is C29H23N5. The number of rotatable bonds is 4. The minimum absolute atomic E-state index is 0.190. The van der Waals surface area contributed by atoms with Gasteiger partial charge in [0.25, 0.3) is 0 Å². The number of fused-ring (bicyclic) bond motifs is 1. The minimum atomic E-state index is -0.190. The van der Waals surface area contributed by atoms with Crippen molar-refractivity contribution in [1.29, 1.82) is 5.26 Å². The largest absolute Gasteiger partial charge is 0.321 e. The Bertz CT molecular complexity index is 1520. The first kappa shape index (κ1) is 20.3. The minimum Gasteiger partial charge on any atom is -0.321 e. The van der Waals surface area contributed by atoms with E-state index in [0.717, 1.165) is 52.0 Å². The SMILES string of the molecule is N#Cc1ccc(-c2cnc3c(-c4ccc(C5(N)CCC5)cc4)c(-c4ccccc4)cnn23)cc1. The van der Waals surface area contributed by atoms with E-state index in [1.807, 2.05) is 59.4 Å². The van der Waals surface area contributed by atoms with Crippen molar-refractivity contribution >= 4 is 5.65 Å². The average molecular weight is 442 g/mol. The van der Waals surface area contributed by atoms with E-state index in [2.05, 4.69) is 42.5 Å². The molecule has 5 nitrogen and oxygen atoms in total. The van der Waals surface area contributed by atoms with E-state index in [9.17, 15) is 0 Å². The molecule has 0 aliphatic heterocycles. The van der Waals surface area contributed by atoms with Crippen molar-refractivity contribution in [3.63, 3.8) is 0 Å². The third kappa shape index (κ3) is 3.28. The topological polar surface area (TPSA) is 80.0 Å². The second-order valence-corrected chi connectivity index (χ2v) is 8.95. The van der Waals surface area contributed by atoms with Crippen LogP contribution in [0.15, 0.2) is 91.3 Å². The molecular weight excluding hydrogens is 418 g/mol. The highest BCUT2D eigenvalue weighted by atomic mass is 15.3. The molecule has 3 aromatic carbocycles. The van der Waals surface area contributed by atoms with E-state index in [0.29, 0.717) is 5.56 Å². The fraction of sp³-hybridized carbons (Fsp3) is 0.138. The summed E-state index contributed by atoms with van der Waals surface area (Å²) in [6.45, 7) is 0. The van der Waals surface area contributed by atoms with Crippen LogP contribution >= 0.6 is 0 Å². The van der Waals surface area contributed by atoms with Crippen molar-refractivity contribution in [3.8, 4) is 39.6 Å². The first-order valence-corrected chi connectivity index (χ1v) is 11.5. The normalized spacial score (nSPS) is 14.5. The van der Waals surface area contributed by atoms with Gasteiger partial charge in [-0.05, 0) is 48.1 Å². The summed E-state index contributed by atoms with van der Waals surface area (Å²) < 4.78 is 1.88. The Kier molecular flexibility index (Phi) is 4.75. The Morgan fingerprint density at radius 3 is 2.18 bits per heavy atom. The summed E-state index contributed by atoms with van der Waals surface area (Å²) in [5.41, 5.74) is 15.1. The van der Waals surface area contributed by atoms with Crippen molar-refractivity contribution in [1.82, 2.24) is 14.6 Å². The van der Waals surface area contributed by atoms with Crippen LogP contribution in [0.25, 0.3) is 39.2 Å². The lowest BCUT2D eigenvalue weighted by Gasteiger charge is -2.38. The summed E-state index contributed by atoms with van der Waals surface area (Å²) in [7, 11) is 0. The first-order valence-electron chi connectivity index (χ1n) is 11.5. The lowest BCUT2D eigenvalue weighted by atomic mass is 9.72. The predicted molar refractivity (Wildman–Crippen MR) is 134 cm³/mol. The molecule has 0 unspecified atom stereocenters. The Balaban J connectivity index is 1.54. The third-order valence-electron chi connectivity index (χ3n) is 6.92. The van der Waals surface area contributed by atoms with E-state index in [1.54, 1.807) is 0 Å². The lowest BCUT2D eigenvalue weighted by Crippen LogP contribution is -2.43. The number of benzene rings is 3. The molecule has 1 aliphatic rings. The van der Waals surface area contributed by atoms with Gasteiger partial charge in [0.15, 0.2) is 5.65 Å². The standard InChI is InChI=1S/C29H23N5/c30-17-20-7-9-22(10-8-20)26-19-32-28-27(23-11-13-24(14-12-23)29(31)15-4-16-29)25(18-33-34(26)28)21-5-2-1-3-6-21/h1-3,5-14,18-19H,4,15-16,31H2. The summed E-state index contributed by atoms with van der Waals surface area (Å²) >= 11 is 0. The van der Waals surface area contributed by atoms with Crippen LogP contribution in [0.1, 0.15) is 30.4 Å². The number of imidazole rings is 1. The molecule has 2 aromatic heterocycles. The Labute approximate surface area is 198 Å². The fourth-order valence-electron chi connectivity index (χ4n) is 4.78.